The highest BCUT2D eigenvalue weighted by atomic mass is 16.5. The SMILES string of the molecule is CCCCc1oc(CCc2ccc(O)c(OCCc3cc(C(C)CNCC(C)O)c[nH]3)c2)cc1CO. The number of unbranched alkanes of at least 4 members (excludes halogenated alkanes) is 1. The summed E-state index contributed by atoms with van der Waals surface area (Å²) in [6.45, 7) is 7.91. The van der Waals surface area contributed by atoms with Gasteiger partial charge in [0.2, 0.25) is 0 Å². The van der Waals surface area contributed by atoms with Crippen LogP contribution in [0.15, 0.2) is 40.9 Å². The molecule has 2 heterocycles. The van der Waals surface area contributed by atoms with Gasteiger partial charge in [-0.1, -0.05) is 26.3 Å². The Balaban J connectivity index is 1.49. The summed E-state index contributed by atoms with van der Waals surface area (Å²) in [6.07, 6.45) is 6.83. The first-order chi connectivity index (χ1) is 17.4. The number of phenolic OH excluding ortho intramolecular Hbond substituents is 1. The minimum absolute atomic E-state index is 0.000836. The Hall–Kier alpha value is -2.74. The number of ether oxygens (including phenoxy) is 1. The molecular weight excluding hydrogens is 456 g/mol. The molecule has 0 amide bonds. The van der Waals surface area contributed by atoms with Gasteiger partial charge in [-0.3, -0.25) is 0 Å². The van der Waals surface area contributed by atoms with Crippen LogP contribution in [-0.2, 0) is 32.3 Å². The van der Waals surface area contributed by atoms with Gasteiger partial charge in [-0.2, -0.15) is 0 Å². The predicted octanol–water partition coefficient (Wildman–Crippen LogP) is 4.63. The highest BCUT2D eigenvalue weighted by molar-refractivity contribution is 5.42. The smallest absolute Gasteiger partial charge is 0.161 e. The molecule has 1 aromatic carbocycles. The molecule has 0 bridgehead atoms. The normalized spacial score (nSPS) is 13.1. The molecule has 198 valence electrons. The van der Waals surface area contributed by atoms with Crippen LogP contribution in [0.2, 0.25) is 0 Å². The van der Waals surface area contributed by atoms with Gasteiger partial charge < -0.3 is 34.8 Å². The third-order valence-corrected chi connectivity index (χ3v) is 6.41. The second-order valence-electron chi connectivity index (χ2n) is 9.69. The molecule has 0 spiro atoms. The number of furan rings is 1. The van der Waals surface area contributed by atoms with Crippen molar-refractivity contribution in [3.8, 4) is 11.5 Å². The second kappa shape index (κ2) is 14.1. The molecule has 0 aliphatic rings. The van der Waals surface area contributed by atoms with Crippen molar-refractivity contribution in [2.24, 2.45) is 0 Å². The lowest BCUT2D eigenvalue weighted by molar-refractivity contribution is 0.191. The van der Waals surface area contributed by atoms with Crippen LogP contribution in [-0.4, -0.2) is 46.1 Å². The zero-order chi connectivity index (χ0) is 25.9. The number of aromatic nitrogens is 1. The molecule has 0 fully saturated rings. The molecule has 3 rings (SSSR count). The van der Waals surface area contributed by atoms with E-state index in [1.165, 1.54) is 5.56 Å². The highest BCUT2D eigenvalue weighted by Gasteiger charge is 2.12. The summed E-state index contributed by atoms with van der Waals surface area (Å²) in [5.41, 5.74) is 4.24. The van der Waals surface area contributed by atoms with E-state index < -0.39 is 0 Å². The van der Waals surface area contributed by atoms with E-state index in [1.54, 1.807) is 13.0 Å². The molecule has 5 N–H and O–H groups in total. The fourth-order valence-electron chi connectivity index (χ4n) is 4.22. The molecule has 2 unspecified atom stereocenters. The molecule has 7 heteroatoms. The number of aliphatic hydroxyl groups is 2. The van der Waals surface area contributed by atoms with Crippen LogP contribution in [0, 0.1) is 0 Å². The Kier molecular flexibility index (Phi) is 10.9. The van der Waals surface area contributed by atoms with Gasteiger partial charge in [-0.15, -0.1) is 0 Å². The number of hydrogen-bond donors (Lipinski definition) is 5. The van der Waals surface area contributed by atoms with Gasteiger partial charge >= 0.3 is 0 Å². The quantitative estimate of drug-likeness (QED) is 0.197. The van der Waals surface area contributed by atoms with Crippen LogP contribution >= 0.6 is 0 Å². The molecule has 0 radical (unpaired) electrons. The van der Waals surface area contributed by atoms with Gasteiger partial charge in [0.25, 0.3) is 0 Å². The summed E-state index contributed by atoms with van der Waals surface area (Å²) >= 11 is 0. The fraction of sp³-hybridized carbons (Fsp3) is 0.517. The van der Waals surface area contributed by atoms with Crippen LogP contribution < -0.4 is 10.1 Å². The number of aromatic amines is 1. The van der Waals surface area contributed by atoms with Gasteiger partial charge in [0, 0.05) is 49.8 Å². The molecule has 0 aliphatic heterocycles. The number of hydrogen-bond acceptors (Lipinski definition) is 6. The number of aryl methyl sites for hydroxylation is 3. The molecule has 7 nitrogen and oxygen atoms in total. The number of nitrogens with one attached hydrogen (secondary N) is 2. The highest BCUT2D eigenvalue weighted by Crippen LogP contribution is 2.28. The molecule has 0 saturated heterocycles. The lowest BCUT2D eigenvalue weighted by atomic mass is 10.0. The summed E-state index contributed by atoms with van der Waals surface area (Å²) in [5.74, 6) is 2.71. The Morgan fingerprint density at radius 2 is 1.89 bits per heavy atom. The van der Waals surface area contributed by atoms with Gasteiger partial charge in [0.1, 0.15) is 11.5 Å². The van der Waals surface area contributed by atoms with Crippen molar-refractivity contribution in [3.63, 3.8) is 0 Å². The van der Waals surface area contributed by atoms with Crippen LogP contribution in [0.3, 0.4) is 0 Å². The summed E-state index contributed by atoms with van der Waals surface area (Å²) in [6, 6.07) is 9.57. The van der Waals surface area contributed by atoms with E-state index in [4.69, 9.17) is 9.15 Å². The van der Waals surface area contributed by atoms with Crippen LogP contribution in [0.25, 0.3) is 0 Å². The lowest BCUT2D eigenvalue weighted by Gasteiger charge is -2.12. The monoisotopic (exact) mass is 498 g/mol. The van der Waals surface area contributed by atoms with Crippen molar-refractivity contribution in [2.75, 3.05) is 19.7 Å². The predicted molar refractivity (Wildman–Crippen MR) is 142 cm³/mol. The molecular formula is C29H42N2O5. The summed E-state index contributed by atoms with van der Waals surface area (Å²) in [5, 5.41) is 32.5. The van der Waals surface area contributed by atoms with Gasteiger partial charge in [-0.05, 0) is 61.1 Å². The van der Waals surface area contributed by atoms with Gasteiger partial charge in [-0.25, -0.2) is 0 Å². The molecule has 0 aliphatic carbocycles. The number of aromatic hydroxyl groups is 1. The Bertz CT molecular complexity index is 1060. The van der Waals surface area contributed by atoms with Crippen molar-refractivity contribution in [1.29, 1.82) is 0 Å². The Labute approximate surface area is 214 Å². The van der Waals surface area contributed by atoms with Crippen molar-refractivity contribution < 1.29 is 24.5 Å². The summed E-state index contributed by atoms with van der Waals surface area (Å²) < 4.78 is 11.9. The third kappa shape index (κ3) is 8.43. The van der Waals surface area contributed by atoms with Crippen LogP contribution in [0.5, 0.6) is 11.5 Å². The molecule has 0 saturated carbocycles. The number of rotatable bonds is 16. The first kappa shape index (κ1) is 27.8. The maximum Gasteiger partial charge on any atom is 0.161 e. The number of phenols is 1. The average molecular weight is 499 g/mol. The molecule has 2 aromatic heterocycles. The summed E-state index contributed by atoms with van der Waals surface area (Å²) in [4.78, 5) is 3.31. The van der Waals surface area contributed by atoms with E-state index in [2.05, 4.69) is 30.2 Å². The van der Waals surface area contributed by atoms with E-state index >= 15 is 0 Å². The van der Waals surface area contributed by atoms with E-state index in [0.29, 0.717) is 31.2 Å². The van der Waals surface area contributed by atoms with Gasteiger partial charge in [0.15, 0.2) is 11.5 Å². The molecule has 36 heavy (non-hydrogen) atoms. The minimum atomic E-state index is -0.348. The Morgan fingerprint density at radius 3 is 2.64 bits per heavy atom. The summed E-state index contributed by atoms with van der Waals surface area (Å²) in [7, 11) is 0. The van der Waals surface area contributed by atoms with Crippen molar-refractivity contribution in [1.82, 2.24) is 10.3 Å². The van der Waals surface area contributed by atoms with E-state index in [0.717, 1.165) is 67.0 Å². The lowest BCUT2D eigenvalue weighted by Crippen LogP contribution is -2.27. The third-order valence-electron chi connectivity index (χ3n) is 6.41. The number of benzene rings is 1. The molecule has 2 atom stereocenters. The maximum absolute atomic E-state index is 10.3. The zero-order valence-electron chi connectivity index (χ0n) is 21.8. The van der Waals surface area contributed by atoms with E-state index in [9.17, 15) is 15.3 Å². The van der Waals surface area contributed by atoms with Gasteiger partial charge in [0.05, 0.1) is 19.3 Å². The van der Waals surface area contributed by atoms with Crippen molar-refractivity contribution in [3.05, 3.63) is 70.4 Å². The van der Waals surface area contributed by atoms with E-state index in [-0.39, 0.29) is 18.5 Å². The van der Waals surface area contributed by atoms with Crippen LogP contribution in [0.4, 0.5) is 0 Å². The largest absolute Gasteiger partial charge is 0.504 e. The topological polar surface area (TPSA) is 111 Å². The second-order valence-corrected chi connectivity index (χ2v) is 9.69. The van der Waals surface area contributed by atoms with Crippen molar-refractivity contribution in [2.45, 2.75) is 77.9 Å². The first-order valence-electron chi connectivity index (χ1n) is 13.1. The maximum atomic E-state index is 10.3. The number of H-pyrrole nitrogens is 1. The average Bonchev–Trinajstić information content (AvgIpc) is 3.49. The molecule has 3 aromatic rings. The standard InChI is InChI=1S/C29H42N2O5/c1-4-5-6-28-24(19-32)15-26(36-28)9-7-22-8-10-27(34)29(13-22)35-12-11-25-14-23(18-31-25)20(2)16-30-17-21(3)33/h8,10,13-15,18,20-21,30-34H,4-7,9,11-12,16-17,19H2,1-3H3. The Morgan fingerprint density at radius 1 is 1.06 bits per heavy atom. The van der Waals surface area contributed by atoms with Crippen molar-refractivity contribution >= 4 is 0 Å². The zero-order valence-corrected chi connectivity index (χ0v) is 21.8. The fourth-order valence-corrected chi connectivity index (χ4v) is 4.22. The van der Waals surface area contributed by atoms with E-state index in [1.807, 2.05) is 24.4 Å². The first-order valence-corrected chi connectivity index (χ1v) is 13.1. The number of aliphatic hydroxyl groups excluding tert-OH is 2. The van der Waals surface area contributed by atoms with Crippen LogP contribution in [0.1, 0.15) is 73.4 Å². The minimum Gasteiger partial charge on any atom is -0.504 e.